The van der Waals surface area contributed by atoms with Crippen molar-refractivity contribution in [2.45, 2.75) is 57.8 Å². The fourth-order valence-corrected chi connectivity index (χ4v) is 1.54. The van der Waals surface area contributed by atoms with E-state index in [1.54, 1.807) is 20.8 Å². The highest BCUT2D eigenvalue weighted by Gasteiger charge is 2.29. The molecule has 1 saturated carbocycles. The first-order valence-corrected chi connectivity index (χ1v) is 5.02. The molecule has 0 aliphatic heterocycles. The van der Waals surface area contributed by atoms with E-state index in [9.17, 15) is 9.18 Å². The summed E-state index contributed by atoms with van der Waals surface area (Å²) in [5.41, 5.74) is -0.519. The number of alkyl halides is 1. The lowest BCUT2D eigenvalue weighted by Gasteiger charge is -2.22. The first-order chi connectivity index (χ1) is 6.38. The van der Waals surface area contributed by atoms with Gasteiger partial charge in [-0.05, 0) is 40.0 Å². The minimum Gasteiger partial charge on any atom is -0.444 e. The molecule has 0 radical (unpaired) electrons. The molecule has 1 amide bonds. The van der Waals surface area contributed by atoms with Crippen LogP contribution in [0.25, 0.3) is 0 Å². The smallest absolute Gasteiger partial charge is 0.407 e. The van der Waals surface area contributed by atoms with E-state index in [1.165, 1.54) is 0 Å². The van der Waals surface area contributed by atoms with Gasteiger partial charge in [-0.15, -0.1) is 0 Å². The van der Waals surface area contributed by atoms with Crippen LogP contribution in [0.15, 0.2) is 0 Å². The lowest BCUT2D eigenvalue weighted by molar-refractivity contribution is 0.0484. The number of carbonyl (C=O) groups excluding carboxylic acids is 1. The second kappa shape index (κ2) is 4.15. The molecule has 82 valence electrons. The van der Waals surface area contributed by atoms with Gasteiger partial charge in [0.05, 0.1) is 6.04 Å². The summed E-state index contributed by atoms with van der Waals surface area (Å²) in [6.07, 6.45) is 0.650. The van der Waals surface area contributed by atoms with Crippen molar-refractivity contribution < 1.29 is 13.9 Å². The van der Waals surface area contributed by atoms with Gasteiger partial charge in [-0.1, -0.05) is 0 Å². The van der Waals surface area contributed by atoms with E-state index in [1.807, 2.05) is 0 Å². The van der Waals surface area contributed by atoms with E-state index in [4.69, 9.17) is 4.74 Å². The SMILES string of the molecule is CC(C)(C)OC(=O)N[C@H]1CCC[C@@H]1F. The summed E-state index contributed by atoms with van der Waals surface area (Å²) in [6.45, 7) is 5.36. The van der Waals surface area contributed by atoms with Crippen LogP contribution in [0, 0.1) is 0 Å². The van der Waals surface area contributed by atoms with Crippen LogP contribution in [0.3, 0.4) is 0 Å². The predicted octanol–water partition coefficient (Wildman–Crippen LogP) is 2.40. The van der Waals surface area contributed by atoms with Gasteiger partial charge in [0.2, 0.25) is 0 Å². The molecule has 1 N–H and O–H groups in total. The molecule has 0 bridgehead atoms. The summed E-state index contributed by atoms with van der Waals surface area (Å²) in [6, 6.07) is -0.357. The molecule has 0 aromatic heterocycles. The number of nitrogens with one attached hydrogen (secondary N) is 1. The second-order valence-corrected chi connectivity index (χ2v) is 4.70. The normalized spacial score (nSPS) is 27.4. The molecular formula is C10H18FNO2. The van der Waals surface area contributed by atoms with Gasteiger partial charge in [-0.3, -0.25) is 0 Å². The predicted molar refractivity (Wildman–Crippen MR) is 51.9 cm³/mol. The molecule has 1 fully saturated rings. The van der Waals surface area contributed by atoms with Crippen molar-refractivity contribution in [2.75, 3.05) is 0 Å². The molecule has 1 aliphatic rings. The van der Waals surface area contributed by atoms with E-state index >= 15 is 0 Å². The highest BCUT2D eigenvalue weighted by Crippen LogP contribution is 2.22. The first-order valence-electron chi connectivity index (χ1n) is 5.02. The maximum Gasteiger partial charge on any atom is 0.407 e. The Hall–Kier alpha value is -0.800. The molecule has 0 saturated heterocycles. The van der Waals surface area contributed by atoms with E-state index in [2.05, 4.69) is 5.32 Å². The number of carbonyl (C=O) groups is 1. The summed E-state index contributed by atoms with van der Waals surface area (Å²) in [7, 11) is 0. The standard InChI is InChI=1S/C10H18FNO2/c1-10(2,3)14-9(13)12-8-6-4-5-7(8)11/h7-8H,4-6H2,1-3H3,(H,12,13)/t7-,8-/m0/s1. The van der Waals surface area contributed by atoms with Gasteiger partial charge in [-0.25, -0.2) is 9.18 Å². The Bertz CT molecular complexity index is 213. The van der Waals surface area contributed by atoms with Gasteiger partial charge in [0.1, 0.15) is 11.8 Å². The zero-order valence-corrected chi connectivity index (χ0v) is 8.97. The molecule has 1 aliphatic carbocycles. The largest absolute Gasteiger partial charge is 0.444 e. The summed E-state index contributed by atoms with van der Waals surface area (Å²) in [4.78, 5) is 11.3. The molecule has 4 heteroatoms. The average Bonchev–Trinajstić information content (AvgIpc) is 2.32. The van der Waals surface area contributed by atoms with Crippen LogP contribution in [-0.4, -0.2) is 23.9 Å². The topological polar surface area (TPSA) is 38.3 Å². The Kier molecular flexibility index (Phi) is 3.34. The molecule has 0 aromatic carbocycles. The maximum atomic E-state index is 13.1. The van der Waals surface area contributed by atoms with Crippen LogP contribution in [0.4, 0.5) is 9.18 Å². The molecule has 0 unspecified atom stereocenters. The van der Waals surface area contributed by atoms with E-state index in [0.717, 1.165) is 6.42 Å². The molecule has 14 heavy (non-hydrogen) atoms. The van der Waals surface area contributed by atoms with Gasteiger partial charge in [0.25, 0.3) is 0 Å². The van der Waals surface area contributed by atoms with Gasteiger partial charge in [0, 0.05) is 0 Å². The molecule has 2 atom stereocenters. The Labute approximate surface area is 84.0 Å². The van der Waals surface area contributed by atoms with Crippen LogP contribution in [0.5, 0.6) is 0 Å². The third kappa shape index (κ3) is 3.52. The van der Waals surface area contributed by atoms with Gasteiger partial charge in [0.15, 0.2) is 0 Å². The number of hydrogen-bond acceptors (Lipinski definition) is 2. The van der Waals surface area contributed by atoms with Crippen molar-refractivity contribution in [2.24, 2.45) is 0 Å². The molecular weight excluding hydrogens is 185 g/mol. The number of ether oxygens (including phenoxy) is 1. The number of amides is 1. The van der Waals surface area contributed by atoms with E-state index in [0.29, 0.717) is 12.8 Å². The third-order valence-corrected chi connectivity index (χ3v) is 2.13. The zero-order valence-electron chi connectivity index (χ0n) is 8.97. The Morgan fingerprint density at radius 2 is 2.07 bits per heavy atom. The average molecular weight is 203 g/mol. The Balaban J connectivity index is 2.33. The van der Waals surface area contributed by atoms with Crippen molar-refractivity contribution >= 4 is 6.09 Å². The fraction of sp³-hybridized carbons (Fsp3) is 0.900. The first kappa shape index (κ1) is 11.3. The van der Waals surface area contributed by atoms with Crippen molar-refractivity contribution in [1.29, 1.82) is 0 Å². The number of alkyl carbamates (subject to hydrolysis) is 1. The van der Waals surface area contributed by atoms with Gasteiger partial charge >= 0.3 is 6.09 Å². The van der Waals surface area contributed by atoms with Crippen molar-refractivity contribution in [3.63, 3.8) is 0 Å². The van der Waals surface area contributed by atoms with Crippen LogP contribution in [0.1, 0.15) is 40.0 Å². The summed E-state index contributed by atoms with van der Waals surface area (Å²) in [5.74, 6) is 0. The van der Waals surface area contributed by atoms with Crippen LogP contribution in [-0.2, 0) is 4.74 Å². The number of halogens is 1. The molecule has 0 heterocycles. The van der Waals surface area contributed by atoms with Crippen LogP contribution >= 0.6 is 0 Å². The summed E-state index contributed by atoms with van der Waals surface area (Å²) in [5, 5.41) is 2.55. The van der Waals surface area contributed by atoms with E-state index in [-0.39, 0.29) is 6.04 Å². The third-order valence-electron chi connectivity index (χ3n) is 2.13. The monoisotopic (exact) mass is 203 g/mol. The second-order valence-electron chi connectivity index (χ2n) is 4.70. The lowest BCUT2D eigenvalue weighted by atomic mass is 10.2. The van der Waals surface area contributed by atoms with Crippen LogP contribution in [0.2, 0.25) is 0 Å². The van der Waals surface area contributed by atoms with Crippen LogP contribution < -0.4 is 5.32 Å². The van der Waals surface area contributed by atoms with E-state index < -0.39 is 17.9 Å². The minimum atomic E-state index is -0.914. The number of hydrogen-bond donors (Lipinski definition) is 1. The molecule has 1 rings (SSSR count). The summed E-state index contributed by atoms with van der Waals surface area (Å²) >= 11 is 0. The van der Waals surface area contributed by atoms with Crippen molar-refractivity contribution in [1.82, 2.24) is 5.32 Å². The minimum absolute atomic E-state index is 0.357. The van der Waals surface area contributed by atoms with Crippen molar-refractivity contribution in [3.8, 4) is 0 Å². The Morgan fingerprint density at radius 1 is 1.43 bits per heavy atom. The zero-order chi connectivity index (χ0) is 10.8. The molecule has 3 nitrogen and oxygen atoms in total. The maximum absolute atomic E-state index is 13.1. The quantitative estimate of drug-likeness (QED) is 0.710. The summed E-state index contributed by atoms with van der Waals surface area (Å²) < 4.78 is 18.1. The number of rotatable bonds is 1. The van der Waals surface area contributed by atoms with Gasteiger partial charge < -0.3 is 10.1 Å². The molecule has 0 spiro atoms. The highest BCUT2D eigenvalue weighted by molar-refractivity contribution is 5.68. The van der Waals surface area contributed by atoms with Gasteiger partial charge in [-0.2, -0.15) is 0 Å². The molecule has 0 aromatic rings. The Morgan fingerprint density at radius 3 is 2.50 bits per heavy atom. The fourth-order valence-electron chi connectivity index (χ4n) is 1.54. The van der Waals surface area contributed by atoms with Crippen molar-refractivity contribution in [3.05, 3.63) is 0 Å². The lowest BCUT2D eigenvalue weighted by Crippen LogP contribution is -2.41. The highest BCUT2D eigenvalue weighted by atomic mass is 19.1.